The van der Waals surface area contributed by atoms with E-state index < -0.39 is 10.8 Å². The van der Waals surface area contributed by atoms with Crippen molar-refractivity contribution < 1.29 is 9.72 Å². The third kappa shape index (κ3) is 4.75. The van der Waals surface area contributed by atoms with Crippen LogP contribution in [0.3, 0.4) is 0 Å². The van der Waals surface area contributed by atoms with Crippen LogP contribution in [0.25, 0.3) is 0 Å². The van der Waals surface area contributed by atoms with Gasteiger partial charge in [-0.15, -0.1) is 0 Å². The maximum absolute atomic E-state index is 12.5. The van der Waals surface area contributed by atoms with Gasteiger partial charge in [0.2, 0.25) is 0 Å². The topological polar surface area (TPSA) is 72.2 Å². The van der Waals surface area contributed by atoms with Gasteiger partial charge in [0, 0.05) is 23.6 Å². The number of nitrogens with one attached hydrogen (secondary N) is 1. The Balaban J connectivity index is 1.74. The highest BCUT2D eigenvalue weighted by Gasteiger charge is 2.21. The van der Waals surface area contributed by atoms with Gasteiger partial charge in [-0.3, -0.25) is 14.9 Å². The van der Waals surface area contributed by atoms with E-state index >= 15 is 0 Å². The molecule has 142 valence electrons. The smallest absolute Gasteiger partial charge is 0.282 e. The van der Waals surface area contributed by atoms with E-state index in [2.05, 4.69) is 29.6 Å². The molecule has 28 heavy (non-hydrogen) atoms. The average Bonchev–Trinajstić information content (AvgIpc) is 2.72. The number of halogens is 1. The molecule has 0 aromatic heterocycles. The first-order chi connectivity index (χ1) is 13.6. The molecule has 6 heteroatoms. The minimum Gasteiger partial charge on any atom is -0.352 e. The van der Waals surface area contributed by atoms with Crippen LogP contribution in [0.2, 0.25) is 5.02 Å². The van der Waals surface area contributed by atoms with Crippen molar-refractivity contribution in [1.29, 1.82) is 0 Å². The van der Waals surface area contributed by atoms with E-state index in [0.29, 0.717) is 13.0 Å². The summed E-state index contributed by atoms with van der Waals surface area (Å²) in [6, 6.07) is 24.1. The van der Waals surface area contributed by atoms with Crippen LogP contribution in [0.15, 0.2) is 78.9 Å². The van der Waals surface area contributed by atoms with Crippen molar-refractivity contribution in [3.63, 3.8) is 0 Å². The van der Waals surface area contributed by atoms with Crippen molar-refractivity contribution in [1.82, 2.24) is 5.32 Å². The zero-order chi connectivity index (χ0) is 19.9. The summed E-state index contributed by atoms with van der Waals surface area (Å²) in [5.74, 6) is -0.397. The number of carbonyl (C=O) groups is 1. The molecule has 0 spiro atoms. The highest BCUT2D eigenvalue weighted by Crippen LogP contribution is 2.28. The Kier molecular flexibility index (Phi) is 6.40. The average molecular weight is 395 g/mol. The second-order valence-electron chi connectivity index (χ2n) is 6.34. The summed E-state index contributed by atoms with van der Waals surface area (Å²) in [7, 11) is 0. The fourth-order valence-corrected chi connectivity index (χ4v) is 3.34. The molecule has 0 aliphatic rings. The molecule has 0 bridgehead atoms. The third-order valence-corrected chi connectivity index (χ3v) is 4.76. The number of benzene rings is 3. The van der Waals surface area contributed by atoms with Crippen molar-refractivity contribution >= 4 is 23.2 Å². The molecular formula is C22H19ClN2O3. The van der Waals surface area contributed by atoms with Crippen LogP contribution < -0.4 is 5.32 Å². The largest absolute Gasteiger partial charge is 0.352 e. The quantitative estimate of drug-likeness (QED) is 0.442. The Morgan fingerprint density at radius 3 is 2.07 bits per heavy atom. The molecule has 0 atom stereocenters. The van der Waals surface area contributed by atoms with Gasteiger partial charge in [-0.1, -0.05) is 72.3 Å². The number of carbonyl (C=O) groups excluding carboxylic acids is 1. The van der Waals surface area contributed by atoms with E-state index in [1.165, 1.54) is 18.2 Å². The van der Waals surface area contributed by atoms with Gasteiger partial charge in [0.1, 0.15) is 5.56 Å². The molecule has 1 amide bonds. The lowest BCUT2D eigenvalue weighted by atomic mass is 9.88. The Morgan fingerprint density at radius 2 is 1.54 bits per heavy atom. The Labute approximate surface area is 168 Å². The lowest BCUT2D eigenvalue weighted by Crippen LogP contribution is -2.26. The number of nitro benzene ring substituents is 1. The van der Waals surface area contributed by atoms with Crippen molar-refractivity contribution in [3.05, 3.63) is 111 Å². The molecule has 5 nitrogen and oxygen atoms in total. The first-order valence-electron chi connectivity index (χ1n) is 8.88. The van der Waals surface area contributed by atoms with Gasteiger partial charge in [-0.2, -0.15) is 0 Å². The molecule has 0 fully saturated rings. The van der Waals surface area contributed by atoms with Crippen LogP contribution in [0.5, 0.6) is 0 Å². The van der Waals surface area contributed by atoms with E-state index in [1.807, 2.05) is 36.4 Å². The molecular weight excluding hydrogens is 376 g/mol. The lowest BCUT2D eigenvalue weighted by molar-refractivity contribution is -0.385. The summed E-state index contributed by atoms with van der Waals surface area (Å²) in [4.78, 5) is 23.1. The molecule has 0 saturated carbocycles. The van der Waals surface area contributed by atoms with E-state index in [-0.39, 0.29) is 22.2 Å². The Hall–Kier alpha value is -3.18. The van der Waals surface area contributed by atoms with Crippen LogP contribution in [-0.4, -0.2) is 17.4 Å². The second-order valence-corrected chi connectivity index (χ2v) is 6.77. The predicted octanol–water partition coefficient (Wildman–Crippen LogP) is 5.20. The van der Waals surface area contributed by atoms with Crippen LogP contribution >= 0.6 is 11.6 Å². The van der Waals surface area contributed by atoms with E-state index in [0.717, 1.165) is 11.1 Å². The van der Waals surface area contributed by atoms with Gasteiger partial charge in [0.05, 0.1) is 4.92 Å². The van der Waals surface area contributed by atoms with E-state index in [4.69, 9.17) is 11.6 Å². The second kappa shape index (κ2) is 9.15. The number of hydrogen-bond acceptors (Lipinski definition) is 3. The first-order valence-corrected chi connectivity index (χ1v) is 9.26. The number of rotatable bonds is 7. The third-order valence-electron chi connectivity index (χ3n) is 4.52. The molecule has 3 aromatic carbocycles. The van der Waals surface area contributed by atoms with Crippen molar-refractivity contribution in [2.24, 2.45) is 0 Å². The van der Waals surface area contributed by atoms with Crippen LogP contribution in [-0.2, 0) is 0 Å². The molecule has 0 unspecified atom stereocenters. The number of nitrogens with zero attached hydrogens (tertiary/aromatic N) is 1. The number of amides is 1. The highest BCUT2D eigenvalue weighted by atomic mass is 35.5. The molecule has 0 radical (unpaired) electrons. The van der Waals surface area contributed by atoms with Gasteiger partial charge in [-0.05, 0) is 29.7 Å². The van der Waals surface area contributed by atoms with Crippen LogP contribution in [0.4, 0.5) is 5.69 Å². The van der Waals surface area contributed by atoms with Crippen LogP contribution in [0.1, 0.15) is 33.8 Å². The summed E-state index contributed by atoms with van der Waals surface area (Å²) >= 11 is 5.91. The minimum absolute atomic E-state index is 0.0338. The zero-order valence-corrected chi connectivity index (χ0v) is 15.8. The van der Waals surface area contributed by atoms with E-state index in [9.17, 15) is 14.9 Å². The Bertz CT molecular complexity index is 923. The van der Waals surface area contributed by atoms with Gasteiger partial charge in [0.25, 0.3) is 11.6 Å². The van der Waals surface area contributed by atoms with Gasteiger partial charge >= 0.3 is 0 Å². The van der Waals surface area contributed by atoms with Crippen molar-refractivity contribution in [3.8, 4) is 0 Å². The first kappa shape index (κ1) is 19.6. The SMILES string of the molecule is O=C(NCCC(c1ccccc1)c1ccccc1)c1cc(Cl)ccc1[N+](=O)[O-]. The fourth-order valence-electron chi connectivity index (χ4n) is 3.17. The molecule has 0 aliphatic heterocycles. The van der Waals surface area contributed by atoms with Gasteiger partial charge in [0.15, 0.2) is 0 Å². The summed E-state index contributed by atoms with van der Waals surface area (Å²) in [5, 5.41) is 14.2. The van der Waals surface area contributed by atoms with Gasteiger partial charge < -0.3 is 5.32 Å². The van der Waals surface area contributed by atoms with Gasteiger partial charge in [-0.25, -0.2) is 0 Å². The standard InChI is InChI=1S/C22H19ClN2O3/c23-18-11-12-21(25(27)28)20(15-18)22(26)24-14-13-19(16-7-3-1-4-8-16)17-9-5-2-6-10-17/h1-12,15,19H,13-14H2,(H,24,26). The maximum atomic E-state index is 12.5. The summed E-state index contributed by atoms with van der Waals surface area (Å²) < 4.78 is 0. The van der Waals surface area contributed by atoms with E-state index in [1.54, 1.807) is 0 Å². The normalized spacial score (nSPS) is 10.6. The molecule has 0 heterocycles. The minimum atomic E-state index is -0.581. The van der Waals surface area contributed by atoms with Crippen molar-refractivity contribution in [2.75, 3.05) is 6.54 Å². The fraction of sp³-hybridized carbons (Fsp3) is 0.136. The number of nitro groups is 1. The molecule has 3 aromatic rings. The zero-order valence-electron chi connectivity index (χ0n) is 15.0. The molecule has 0 aliphatic carbocycles. The summed E-state index contributed by atoms with van der Waals surface area (Å²) in [5.41, 5.74) is 2.01. The lowest BCUT2D eigenvalue weighted by Gasteiger charge is -2.18. The highest BCUT2D eigenvalue weighted by molar-refractivity contribution is 6.31. The molecule has 1 N–H and O–H groups in total. The summed E-state index contributed by atoms with van der Waals surface area (Å²) in [6.07, 6.45) is 0.661. The molecule has 3 rings (SSSR count). The summed E-state index contributed by atoms with van der Waals surface area (Å²) in [6.45, 7) is 0.372. The maximum Gasteiger partial charge on any atom is 0.282 e. The van der Waals surface area contributed by atoms with Crippen LogP contribution in [0, 0.1) is 10.1 Å². The molecule has 0 saturated heterocycles. The van der Waals surface area contributed by atoms with Crippen molar-refractivity contribution in [2.45, 2.75) is 12.3 Å². The number of hydrogen-bond donors (Lipinski definition) is 1. The predicted molar refractivity (Wildman–Crippen MR) is 110 cm³/mol. The Morgan fingerprint density at radius 1 is 0.964 bits per heavy atom. The monoisotopic (exact) mass is 394 g/mol.